The molecule has 1 atom stereocenters. The first-order valence-corrected chi connectivity index (χ1v) is 11.1. The summed E-state index contributed by atoms with van der Waals surface area (Å²) >= 11 is 0. The van der Waals surface area contributed by atoms with Gasteiger partial charge in [-0.05, 0) is 44.5 Å². The summed E-state index contributed by atoms with van der Waals surface area (Å²) < 4.78 is 12.1. The lowest BCUT2D eigenvalue weighted by molar-refractivity contribution is -0.147. The van der Waals surface area contributed by atoms with Gasteiger partial charge in [-0.15, -0.1) is 0 Å². The quantitative estimate of drug-likeness (QED) is 0.463. The predicted molar refractivity (Wildman–Crippen MR) is 128 cm³/mol. The number of hydrogen-bond acceptors (Lipinski definition) is 6. The minimum atomic E-state index is -0.608. The number of nitrogens with one attached hydrogen (secondary N) is 1. The van der Waals surface area contributed by atoms with Crippen LogP contribution < -0.4 is 15.6 Å². The third-order valence-electron chi connectivity index (χ3n) is 4.94. The van der Waals surface area contributed by atoms with Gasteiger partial charge in [0.15, 0.2) is 0 Å². The number of carbonyl (C=O) groups is 2. The third-order valence-corrected chi connectivity index (χ3v) is 4.94. The van der Waals surface area contributed by atoms with Gasteiger partial charge in [0.1, 0.15) is 18.1 Å². The van der Waals surface area contributed by atoms with Crippen LogP contribution in [0.5, 0.6) is 5.75 Å². The maximum atomic E-state index is 13.0. The molecule has 0 radical (unpaired) electrons. The van der Waals surface area contributed by atoms with E-state index in [-0.39, 0.29) is 36.9 Å². The maximum Gasteiger partial charge on any atom is 0.308 e. The molecule has 1 aromatic heterocycles. The Balaban J connectivity index is 1.72. The van der Waals surface area contributed by atoms with Crippen LogP contribution in [0.1, 0.15) is 47.9 Å². The van der Waals surface area contributed by atoms with E-state index in [9.17, 15) is 14.4 Å². The molecule has 0 spiro atoms. The first-order valence-electron chi connectivity index (χ1n) is 11.1. The molecule has 8 heteroatoms. The number of rotatable bonds is 10. The monoisotopic (exact) mass is 463 g/mol. The second-order valence-electron chi connectivity index (χ2n) is 8.12. The van der Waals surface area contributed by atoms with Gasteiger partial charge >= 0.3 is 5.97 Å². The Morgan fingerprint density at radius 2 is 1.71 bits per heavy atom. The van der Waals surface area contributed by atoms with Crippen LogP contribution in [0.4, 0.5) is 0 Å². The van der Waals surface area contributed by atoms with Crippen molar-refractivity contribution >= 4 is 11.9 Å². The molecule has 3 aromatic rings. The highest BCUT2D eigenvalue weighted by atomic mass is 16.5. The Labute approximate surface area is 198 Å². The zero-order valence-electron chi connectivity index (χ0n) is 19.6. The van der Waals surface area contributed by atoms with Crippen LogP contribution in [-0.2, 0) is 16.1 Å². The van der Waals surface area contributed by atoms with E-state index in [0.717, 1.165) is 11.1 Å². The maximum absolute atomic E-state index is 13.0. The second kappa shape index (κ2) is 11.8. The molecule has 8 nitrogen and oxygen atoms in total. The molecule has 0 fully saturated rings. The van der Waals surface area contributed by atoms with Crippen LogP contribution in [0.3, 0.4) is 0 Å². The molecule has 0 aliphatic rings. The summed E-state index contributed by atoms with van der Waals surface area (Å²) in [5.41, 5.74) is 1.55. The van der Waals surface area contributed by atoms with Crippen molar-refractivity contribution in [2.24, 2.45) is 0 Å². The summed E-state index contributed by atoms with van der Waals surface area (Å²) in [6.45, 7) is 5.89. The number of benzene rings is 2. The molecule has 1 N–H and O–H groups in total. The molecular weight excluding hydrogens is 434 g/mol. The summed E-state index contributed by atoms with van der Waals surface area (Å²) in [4.78, 5) is 37.5. The Hall–Kier alpha value is -3.94. The lowest BCUT2D eigenvalue weighted by Crippen LogP contribution is -2.34. The molecule has 1 unspecified atom stereocenters. The average molecular weight is 464 g/mol. The molecule has 0 aliphatic carbocycles. The Morgan fingerprint density at radius 1 is 1.00 bits per heavy atom. The summed E-state index contributed by atoms with van der Waals surface area (Å²) in [5, 5.41) is 7.04. The Morgan fingerprint density at radius 3 is 2.38 bits per heavy atom. The Bertz CT molecular complexity index is 1160. The zero-order valence-corrected chi connectivity index (χ0v) is 19.6. The molecule has 3 rings (SSSR count). The number of amides is 1. The van der Waals surface area contributed by atoms with Gasteiger partial charge in [-0.2, -0.15) is 5.10 Å². The van der Waals surface area contributed by atoms with Crippen molar-refractivity contribution in [3.63, 3.8) is 0 Å². The molecule has 0 saturated heterocycles. The fourth-order valence-corrected chi connectivity index (χ4v) is 3.26. The third kappa shape index (κ3) is 7.30. The van der Waals surface area contributed by atoms with Crippen molar-refractivity contribution in [2.75, 3.05) is 6.61 Å². The molecule has 1 heterocycles. The van der Waals surface area contributed by atoms with Crippen LogP contribution in [0.25, 0.3) is 0 Å². The summed E-state index contributed by atoms with van der Waals surface area (Å²) in [6.07, 6.45) is -0.289. The highest BCUT2D eigenvalue weighted by Crippen LogP contribution is 2.19. The van der Waals surface area contributed by atoms with E-state index in [2.05, 4.69) is 10.4 Å². The highest BCUT2D eigenvalue weighted by molar-refractivity contribution is 5.92. The van der Waals surface area contributed by atoms with Crippen molar-refractivity contribution in [3.8, 4) is 5.75 Å². The highest BCUT2D eigenvalue weighted by Gasteiger charge is 2.22. The fourth-order valence-electron chi connectivity index (χ4n) is 3.26. The predicted octanol–water partition coefficient (Wildman–Crippen LogP) is 3.44. The molecule has 0 bridgehead atoms. The lowest BCUT2D eigenvalue weighted by Gasteiger charge is -2.19. The molecule has 1 amide bonds. The number of ether oxygens (including phenoxy) is 2. The molecule has 0 saturated carbocycles. The van der Waals surface area contributed by atoms with Crippen molar-refractivity contribution in [1.29, 1.82) is 0 Å². The number of nitrogens with zero attached hydrogens (tertiary/aromatic N) is 2. The van der Waals surface area contributed by atoms with E-state index >= 15 is 0 Å². The van der Waals surface area contributed by atoms with Gasteiger partial charge in [0.25, 0.3) is 11.5 Å². The van der Waals surface area contributed by atoms with Gasteiger partial charge in [-0.25, -0.2) is 4.68 Å². The van der Waals surface area contributed by atoms with E-state index < -0.39 is 17.9 Å². The van der Waals surface area contributed by atoms with Crippen molar-refractivity contribution in [2.45, 2.75) is 45.9 Å². The van der Waals surface area contributed by atoms with E-state index in [0.29, 0.717) is 5.75 Å². The van der Waals surface area contributed by atoms with Gasteiger partial charge in [0, 0.05) is 6.07 Å². The van der Waals surface area contributed by atoms with E-state index in [1.54, 1.807) is 13.8 Å². The topological polar surface area (TPSA) is 99.5 Å². The summed E-state index contributed by atoms with van der Waals surface area (Å²) in [6, 6.07) is 18.8. The summed E-state index contributed by atoms with van der Waals surface area (Å²) in [7, 11) is 0. The first-order chi connectivity index (χ1) is 16.3. The van der Waals surface area contributed by atoms with Gasteiger partial charge in [-0.3, -0.25) is 14.4 Å². The van der Waals surface area contributed by atoms with Crippen LogP contribution in [-0.4, -0.2) is 34.4 Å². The number of para-hydroxylation sites is 1. The van der Waals surface area contributed by atoms with Crippen LogP contribution in [0.2, 0.25) is 0 Å². The van der Waals surface area contributed by atoms with Crippen molar-refractivity contribution in [3.05, 3.63) is 93.9 Å². The number of hydrogen-bond donors (Lipinski definition) is 1. The van der Waals surface area contributed by atoms with Gasteiger partial charge in [0.05, 0.1) is 25.1 Å². The largest absolute Gasteiger partial charge is 0.492 e. The smallest absolute Gasteiger partial charge is 0.308 e. The van der Waals surface area contributed by atoms with Crippen LogP contribution in [0, 0.1) is 6.92 Å². The summed E-state index contributed by atoms with van der Waals surface area (Å²) in [5.74, 6) is -0.240. The van der Waals surface area contributed by atoms with E-state index in [4.69, 9.17) is 9.47 Å². The number of aryl methyl sites for hydroxylation is 1. The standard InChI is InChI=1S/C26H29N3O5/c1-18(2)34-25(31)17-23(20-11-9-19(3)10-12-20)27-26(32)22-13-14-24(30)29(28-22)15-16-33-21-7-5-4-6-8-21/h4-14,18,23H,15-17H2,1-3H3,(H,27,32). The Kier molecular flexibility index (Phi) is 8.56. The number of esters is 1. The first kappa shape index (κ1) is 24.7. The minimum Gasteiger partial charge on any atom is -0.492 e. The van der Waals surface area contributed by atoms with Crippen LogP contribution >= 0.6 is 0 Å². The molecular formula is C26H29N3O5. The fraction of sp³-hybridized carbons (Fsp3) is 0.308. The van der Waals surface area contributed by atoms with E-state index in [1.807, 2.05) is 61.5 Å². The van der Waals surface area contributed by atoms with E-state index in [1.165, 1.54) is 16.8 Å². The number of aromatic nitrogens is 2. The molecule has 0 aliphatic heterocycles. The number of carbonyl (C=O) groups excluding carboxylic acids is 2. The van der Waals surface area contributed by atoms with Crippen molar-refractivity contribution < 1.29 is 19.1 Å². The molecule has 34 heavy (non-hydrogen) atoms. The van der Waals surface area contributed by atoms with Crippen molar-refractivity contribution in [1.82, 2.24) is 15.1 Å². The van der Waals surface area contributed by atoms with Gasteiger partial charge < -0.3 is 14.8 Å². The average Bonchev–Trinajstić information content (AvgIpc) is 2.80. The van der Waals surface area contributed by atoms with Crippen LogP contribution in [0.15, 0.2) is 71.5 Å². The molecule has 2 aromatic carbocycles. The van der Waals surface area contributed by atoms with Gasteiger partial charge in [-0.1, -0.05) is 48.0 Å². The zero-order chi connectivity index (χ0) is 24.5. The minimum absolute atomic E-state index is 0.0302. The normalized spacial score (nSPS) is 11.6. The SMILES string of the molecule is Cc1ccc(C(CC(=O)OC(C)C)NC(=O)c2ccc(=O)n(CCOc3ccccc3)n2)cc1. The van der Waals surface area contributed by atoms with Gasteiger partial charge in [0.2, 0.25) is 0 Å². The lowest BCUT2D eigenvalue weighted by atomic mass is 10.0. The molecule has 178 valence electrons. The second-order valence-corrected chi connectivity index (χ2v) is 8.12.